The molecule has 2 unspecified atom stereocenters. The Morgan fingerprint density at radius 3 is 2.60 bits per heavy atom. The summed E-state index contributed by atoms with van der Waals surface area (Å²) < 4.78 is 17.9. The summed E-state index contributed by atoms with van der Waals surface area (Å²) in [5, 5.41) is 0. The first-order valence-corrected chi connectivity index (χ1v) is 9.23. The van der Waals surface area contributed by atoms with Crippen LogP contribution < -0.4 is 9.47 Å². The summed E-state index contributed by atoms with van der Waals surface area (Å²) in [4.78, 5) is 12.1. The topological polar surface area (TPSA) is 44.8 Å². The van der Waals surface area contributed by atoms with E-state index < -0.39 is 0 Å². The van der Waals surface area contributed by atoms with E-state index in [0.717, 1.165) is 24.3 Å². The van der Waals surface area contributed by atoms with Crippen molar-refractivity contribution in [3.63, 3.8) is 0 Å². The van der Waals surface area contributed by atoms with E-state index in [9.17, 15) is 4.79 Å². The average molecular weight is 346 g/mol. The predicted octanol–water partition coefficient (Wildman–Crippen LogP) is 4.06. The number of fused-ring (bicyclic) bond motifs is 2. The summed E-state index contributed by atoms with van der Waals surface area (Å²) in [6, 6.07) is 4.09. The minimum atomic E-state index is -0.265. The van der Waals surface area contributed by atoms with Gasteiger partial charge < -0.3 is 14.2 Å². The Hall–Kier alpha value is -1.55. The van der Waals surface area contributed by atoms with Crippen LogP contribution in [0.3, 0.4) is 0 Å². The quantitative estimate of drug-likeness (QED) is 0.806. The summed E-state index contributed by atoms with van der Waals surface area (Å²) in [5.74, 6) is 2.18. The molecule has 1 fully saturated rings. The van der Waals surface area contributed by atoms with Gasteiger partial charge in [0.05, 0.1) is 7.11 Å². The Kier molecular flexibility index (Phi) is 4.84. The zero-order valence-electron chi connectivity index (χ0n) is 16.2. The molecule has 0 aromatic heterocycles. The van der Waals surface area contributed by atoms with Gasteiger partial charge in [-0.25, -0.2) is 0 Å². The zero-order chi connectivity index (χ0) is 18.4. The van der Waals surface area contributed by atoms with Gasteiger partial charge in [0.15, 0.2) is 11.5 Å². The lowest BCUT2D eigenvalue weighted by Gasteiger charge is -2.37. The van der Waals surface area contributed by atoms with Gasteiger partial charge >= 0.3 is 0 Å². The molecule has 0 N–H and O–H groups in total. The molecule has 1 aliphatic heterocycles. The molecule has 0 bridgehead atoms. The van der Waals surface area contributed by atoms with Crippen LogP contribution in [0.25, 0.3) is 0 Å². The van der Waals surface area contributed by atoms with Crippen LogP contribution in [-0.4, -0.2) is 32.2 Å². The van der Waals surface area contributed by atoms with E-state index in [-0.39, 0.29) is 29.3 Å². The van der Waals surface area contributed by atoms with E-state index in [1.807, 2.05) is 13.0 Å². The van der Waals surface area contributed by atoms with Crippen LogP contribution in [0.4, 0.5) is 0 Å². The van der Waals surface area contributed by atoms with Gasteiger partial charge in [-0.3, -0.25) is 4.79 Å². The van der Waals surface area contributed by atoms with Gasteiger partial charge in [0.25, 0.3) is 0 Å². The summed E-state index contributed by atoms with van der Waals surface area (Å²) >= 11 is 0. The Morgan fingerprint density at radius 2 is 2.08 bits per heavy atom. The highest BCUT2D eigenvalue weighted by molar-refractivity contribution is 5.78. The monoisotopic (exact) mass is 346 g/mol. The third-order valence-corrected chi connectivity index (χ3v) is 6.34. The number of carbonyl (C=O) groups excluding carboxylic acids is 1. The molecule has 4 nitrogen and oxygen atoms in total. The molecule has 138 valence electrons. The maximum absolute atomic E-state index is 12.1. The number of ether oxygens (including phenoxy) is 3. The summed E-state index contributed by atoms with van der Waals surface area (Å²) in [6.45, 7) is 8.02. The van der Waals surface area contributed by atoms with Crippen molar-refractivity contribution in [1.82, 2.24) is 0 Å². The second kappa shape index (κ2) is 6.64. The van der Waals surface area contributed by atoms with Crippen LogP contribution in [0.5, 0.6) is 11.5 Å². The number of methoxy groups -OCH3 is 2. The van der Waals surface area contributed by atoms with E-state index in [2.05, 4.69) is 19.9 Å². The maximum atomic E-state index is 12.1. The number of Topliss-reactive ketones (excluding diaryl/α,β-unsaturated/α-hetero) is 1. The van der Waals surface area contributed by atoms with Crippen molar-refractivity contribution in [2.75, 3.05) is 14.2 Å². The second-order valence-electron chi connectivity index (χ2n) is 7.93. The highest BCUT2D eigenvalue weighted by atomic mass is 16.6. The van der Waals surface area contributed by atoms with Crippen molar-refractivity contribution in [2.45, 2.75) is 64.6 Å². The number of rotatable bonds is 5. The van der Waals surface area contributed by atoms with E-state index in [4.69, 9.17) is 14.2 Å². The highest BCUT2D eigenvalue weighted by Gasteiger charge is 2.57. The fourth-order valence-corrected chi connectivity index (χ4v) is 4.96. The molecule has 4 heteroatoms. The number of ketones is 1. The fraction of sp³-hybridized carbons (Fsp3) is 0.667. The van der Waals surface area contributed by atoms with E-state index >= 15 is 0 Å². The molecule has 1 aliphatic carbocycles. The Balaban J connectivity index is 2.14. The molecule has 1 aromatic carbocycles. The molecule has 5 atom stereocenters. The first-order valence-electron chi connectivity index (χ1n) is 9.23. The first-order chi connectivity index (χ1) is 11.9. The molecular formula is C21H30O4. The molecule has 25 heavy (non-hydrogen) atoms. The van der Waals surface area contributed by atoms with Crippen molar-refractivity contribution < 1.29 is 19.0 Å². The second-order valence-corrected chi connectivity index (χ2v) is 7.93. The van der Waals surface area contributed by atoms with Crippen molar-refractivity contribution in [3.8, 4) is 11.5 Å². The lowest BCUT2D eigenvalue weighted by Crippen LogP contribution is -2.49. The van der Waals surface area contributed by atoms with Crippen LogP contribution in [0, 0.1) is 18.8 Å². The van der Waals surface area contributed by atoms with Crippen LogP contribution >= 0.6 is 0 Å². The summed E-state index contributed by atoms with van der Waals surface area (Å²) in [6.07, 6.45) is 2.86. The van der Waals surface area contributed by atoms with Gasteiger partial charge in [-0.05, 0) is 50.7 Å². The normalized spacial score (nSPS) is 30.0. The van der Waals surface area contributed by atoms with Crippen LogP contribution in [0.2, 0.25) is 0 Å². The third kappa shape index (κ3) is 2.75. The molecule has 3 rings (SSSR count). The Labute approximate surface area is 150 Å². The highest BCUT2D eigenvalue weighted by Crippen LogP contribution is 2.59. The SMILES string of the molecule is COc1ccc(C)c2c1O[C@@H](C(OC)[C@H](C)C(C)=O)[C@]21CCC(C)C1. The molecular weight excluding hydrogens is 316 g/mol. The van der Waals surface area contributed by atoms with Gasteiger partial charge in [-0.1, -0.05) is 19.9 Å². The largest absolute Gasteiger partial charge is 0.493 e. The summed E-state index contributed by atoms with van der Waals surface area (Å²) in [7, 11) is 3.37. The number of hydrogen-bond donors (Lipinski definition) is 0. The molecule has 0 radical (unpaired) electrons. The molecule has 1 spiro atoms. The van der Waals surface area contributed by atoms with E-state index in [1.165, 1.54) is 17.5 Å². The van der Waals surface area contributed by atoms with Gasteiger partial charge in [0.1, 0.15) is 18.0 Å². The van der Waals surface area contributed by atoms with E-state index in [0.29, 0.717) is 5.92 Å². The molecule has 1 saturated carbocycles. The number of hydrogen-bond acceptors (Lipinski definition) is 4. The zero-order valence-corrected chi connectivity index (χ0v) is 16.2. The first kappa shape index (κ1) is 18.2. The third-order valence-electron chi connectivity index (χ3n) is 6.34. The van der Waals surface area contributed by atoms with Crippen LogP contribution in [0.15, 0.2) is 12.1 Å². The minimum Gasteiger partial charge on any atom is -0.493 e. The van der Waals surface area contributed by atoms with Crippen LogP contribution in [-0.2, 0) is 14.9 Å². The Bertz CT molecular complexity index is 668. The Morgan fingerprint density at radius 1 is 1.36 bits per heavy atom. The molecule has 0 saturated heterocycles. The summed E-state index contributed by atoms with van der Waals surface area (Å²) in [5.41, 5.74) is 2.40. The van der Waals surface area contributed by atoms with Crippen LogP contribution in [0.1, 0.15) is 51.2 Å². The lowest BCUT2D eigenvalue weighted by atomic mass is 9.70. The predicted molar refractivity (Wildman–Crippen MR) is 97.5 cm³/mol. The number of aryl methyl sites for hydroxylation is 1. The molecule has 1 heterocycles. The van der Waals surface area contributed by atoms with Gasteiger partial charge in [0.2, 0.25) is 0 Å². The molecule has 0 amide bonds. The van der Waals surface area contributed by atoms with Gasteiger partial charge in [-0.2, -0.15) is 0 Å². The number of benzene rings is 1. The van der Waals surface area contributed by atoms with Crippen molar-refractivity contribution in [1.29, 1.82) is 0 Å². The van der Waals surface area contributed by atoms with Crippen molar-refractivity contribution >= 4 is 5.78 Å². The standard InChI is InChI=1S/C21H30O4/c1-12-9-10-21(11-12)17-13(2)7-8-16(23-5)19(17)25-20(21)18(24-6)14(3)15(4)22/h7-8,12,14,18,20H,9-11H2,1-6H3/t12?,14-,18?,20+,21+/m1/s1. The van der Waals surface area contributed by atoms with Gasteiger partial charge in [0, 0.05) is 24.0 Å². The van der Waals surface area contributed by atoms with E-state index in [1.54, 1.807) is 21.1 Å². The minimum absolute atomic E-state index is 0.0994. The maximum Gasteiger partial charge on any atom is 0.165 e. The molecule has 2 aliphatic rings. The number of carbonyl (C=O) groups is 1. The fourth-order valence-electron chi connectivity index (χ4n) is 4.96. The average Bonchev–Trinajstić information content (AvgIpc) is 3.11. The lowest BCUT2D eigenvalue weighted by molar-refractivity contribution is -0.129. The van der Waals surface area contributed by atoms with Crippen molar-refractivity contribution in [2.24, 2.45) is 11.8 Å². The molecule has 1 aromatic rings. The van der Waals surface area contributed by atoms with Gasteiger partial charge in [-0.15, -0.1) is 0 Å². The van der Waals surface area contributed by atoms with Crippen molar-refractivity contribution in [3.05, 3.63) is 23.3 Å². The smallest absolute Gasteiger partial charge is 0.165 e.